The number of ether oxygens (including phenoxy) is 11. The minimum Gasteiger partial charge on any atom is -0.458 e. The van der Waals surface area contributed by atoms with Crippen molar-refractivity contribution in [3.8, 4) is 0 Å². The summed E-state index contributed by atoms with van der Waals surface area (Å²) in [5.74, 6) is -2.55. The first-order chi connectivity index (χ1) is 40.0. The number of rotatable bonds is 18. The van der Waals surface area contributed by atoms with Crippen molar-refractivity contribution in [2.45, 2.75) is 241 Å². The normalized spacial score (nSPS) is 32.8. The van der Waals surface area contributed by atoms with E-state index in [0.717, 1.165) is 57.8 Å². The Morgan fingerprint density at radius 3 is 1.20 bits per heavy atom. The predicted molar refractivity (Wildman–Crippen MR) is 296 cm³/mol. The van der Waals surface area contributed by atoms with Crippen molar-refractivity contribution in [2.24, 2.45) is 69.5 Å². The van der Waals surface area contributed by atoms with Crippen LogP contribution in [0.2, 0.25) is 0 Å². The predicted octanol–water partition coefficient (Wildman–Crippen LogP) is 7.75. The molecule has 0 spiro atoms. The third-order valence-corrected chi connectivity index (χ3v) is 19.7. The average molecular weight is 1200 g/mol. The van der Waals surface area contributed by atoms with E-state index in [2.05, 4.69) is 0 Å². The van der Waals surface area contributed by atoms with Crippen molar-refractivity contribution >= 4 is 65.7 Å². The van der Waals surface area contributed by atoms with Crippen LogP contribution >= 0.6 is 0 Å². The number of esters is 11. The number of carbonyl (C=O) groups is 11. The molecule has 12 rings (SSSR count). The Morgan fingerprint density at radius 1 is 0.424 bits per heavy atom. The summed E-state index contributed by atoms with van der Waals surface area (Å²) in [4.78, 5) is 130. The molecular formula is C63H92O22. The van der Waals surface area contributed by atoms with Gasteiger partial charge in [0.05, 0.1) is 45.8 Å². The quantitative estimate of drug-likeness (QED) is 0.0935. The van der Waals surface area contributed by atoms with Crippen LogP contribution in [0.4, 0.5) is 0 Å². The molecule has 0 aromatic rings. The Labute approximate surface area is 498 Å². The van der Waals surface area contributed by atoms with Crippen LogP contribution in [0, 0.1) is 69.5 Å². The van der Waals surface area contributed by atoms with Crippen molar-refractivity contribution in [1.29, 1.82) is 0 Å². The van der Waals surface area contributed by atoms with E-state index in [4.69, 9.17) is 52.1 Å². The lowest BCUT2D eigenvalue weighted by molar-refractivity contribution is -0.180. The summed E-state index contributed by atoms with van der Waals surface area (Å²) in [6.07, 6.45) is 10.9. The second-order valence-electron chi connectivity index (χ2n) is 27.1. The summed E-state index contributed by atoms with van der Waals surface area (Å²) < 4.78 is 58.2. The standard InChI is InChI=1S/C18H26O6.C16H24O4.C15H22O6.C14H20O6/c1-4-18(2,3)17(21)22-9-14(19)24-15-11-5-10-6-12(8-11)16(20)23-13(15)7-10;1-4-16(2,3)15(18)20-13-10-5-9-6-11(8-10)14(17)19-12(13)7-9;1-4-15(2,3)14(18)19-8-12(16)20-10-6-5-9-7-11(10)21-13(9)17;1-3-8(2)13(16)18-7-12(15)19-10-5-4-9-6-11(10)20-14(9)17/h10-13,15H,4-9H2,1-3H3;9-13H,4-8H2,1-3H3;9-11H,4-8H2,1-3H3;8-11H,3-7H2,1-2H3. The van der Waals surface area contributed by atoms with Crippen LogP contribution in [0.3, 0.4) is 0 Å². The Bertz CT molecular complexity index is 2480. The van der Waals surface area contributed by atoms with Crippen LogP contribution < -0.4 is 0 Å². The fraction of sp³-hybridized carbons (Fsp3) is 0.825. The Kier molecular flexibility index (Phi) is 22.2. The summed E-state index contributed by atoms with van der Waals surface area (Å²) in [6.45, 7) is 19.1. The Hall–Kier alpha value is -5.83. The summed E-state index contributed by atoms with van der Waals surface area (Å²) in [7, 11) is 0. The summed E-state index contributed by atoms with van der Waals surface area (Å²) in [6, 6.07) is 0. The maximum atomic E-state index is 12.3. The van der Waals surface area contributed by atoms with Gasteiger partial charge in [0, 0.05) is 24.7 Å². The van der Waals surface area contributed by atoms with E-state index in [-0.39, 0.29) is 109 Å². The molecule has 0 aromatic carbocycles. The fourth-order valence-electron chi connectivity index (χ4n) is 12.9. The molecular weight excluding hydrogens is 1110 g/mol. The van der Waals surface area contributed by atoms with Gasteiger partial charge in [-0.3, -0.25) is 38.4 Å². The molecule has 17 atom stereocenters. The molecule has 22 nitrogen and oxygen atoms in total. The first kappa shape index (κ1) is 66.7. The van der Waals surface area contributed by atoms with Gasteiger partial charge in [-0.1, -0.05) is 34.6 Å². The van der Waals surface area contributed by atoms with Crippen LogP contribution in [0.25, 0.3) is 0 Å². The zero-order valence-corrected chi connectivity index (χ0v) is 51.6. The van der Waals surface area contributed by atoms with Gasteiger partial charge in [0.15, 0.2) is 19.8 Å². The van der Waals surface area contributed by atoms with E-state index >= 15 is 0 Å². The first-order valence-corrected chi connectivity index (χ1v) is 31.2. The average Bonchev–Trinajstić information content (AvgIpc) is 2.61. The van der Waals surface area contributed by atoms with Gasteiger partial charge in [-0.15, -0.1) is 0 Å². The molecule has 0 aromatic heterocycles. The van der Waals surface area contributed by atoms with E-state index in [0.29, 0.717) is 75.5 Å². The molecule has 6 aliphatic carbocycles. The number of hydrogen-bond acceptors (Lipinski definition) is 22. The number of hydrogen-bond donors (Lipinski definition) is 0. The molecule has 22 heteroatoms. The van der Waals surface area contributed by atoms with E-state index in [9.17, 15) is 52.7 Å². The van der Waals surface area contributed by atoms with Crippen molar-refractivity contribution in [1.82, 2.24) is 0 Å². The van der Waals surface area contributed by atoms with E-state index in [1.807, 2.05) is 41.5 Å². The lowest BCUT2D eigenvalue weighted by Gasteiger charge is -2.42. The summed E-state index contributed by atoms with van der Waals surface area (Å²) >= 11 is 0. The second kappa shape index (κ2) is 28.3. The molecule has 476 valence electrons. The van der Waals surface area contributed by atoms with E-state index < -0.39 is 77.0 Å². The summed E-state index contributed by atoms with van der Waals surface area (Å²) in [5.41, 5.74) is -1.69. The second-order valence-corrected chi connectivity index (χ2v) is 27.1. The molecule has 12 bridgehead atoms. The number of carbonyl (C=O) groups excluding carboxylic acids is 11. The maximum absolute atomic E-state index is 12.3. The van der Waals surface area contributed by atoms with Crippen LogP contribution in [-0.4, -0.2) is 134 Å². The Morgan fingerprint density at radius 2 is 0.788 bits per heavy atom. The highest BCUT2D eigenvalue weighted by Crippen LogP contribution is 2.50. The molecule has 0 N–H and O–H groups in total. The molecule has 12 fully saturated rings. The van der Waals surface area contributed by atoms with Gasteiger partial charge in [0.2, 0.25) is 0 Å². The largest absolute Gasteiger partial charge is 0.458 e. The summed E-state index contributed by atoms with van der Waals surface area (Å²) in [5, 5.41) is 0. The van der Waals surface area contributed by atoms with Crippen molar-refractivity contribution in [3.05, 3.63) is 0 Å². The van der Waals surface area contributed by atoms with Crippen LogP contribution in [0.15, 0.2) is 0 Å². The lowest BCUT2D eigenvalue weighted by Crippen LogP contribution is -2.46. The minimum atomic E-state index is -0.615. The highest BCUT2D eigenvalue weighted by Gasteiger charge is 2.54. The van der Waals surface area contributed by atoms with Gasteiger partial charge in [0.1, 0.15) is 48.8 Å². The SMILES string of the molecule is CCC(C)(C)C(=O)OC1C2CC3CC(C2)C(=O)OC1C3.CCC(C)(C)C(=O)OCC(=O)OC1C2CC3CC(C2)C(=O)OC1C3.CCC(C)(C)C(=O)OCC(=O)OC1CCC2CC1OC2=O.CCC(C)C(=O)OCC(=O)OC1CCC2CC1OC2=O. The maximum Gasteiger partial charge on any atom is 0.344 e. The molecule has 6 saturated heterocycles. The van der Waals surface area contributed by atoms with Gasteiger partial charge in [-0.05, 0) is 156 Å². The zero-order valence-electron chi connectivity index (χ0n) is 51.6. The Balaban J connectivity index is 0.000000163. The first-order valence-electron chi connectivity index (χ1n) is 31.2. The molecule has 0 amide bonds. The van der Waals surface area contributed by atoms with Gasteiger partial charge < -0.3 is 52.1 Å². The third kappa shape index (κ3) is 16.8. The molecule has 6 saturated carbocycles. The molecule has 6 aliphatic heterocycles. The third-order valence-electron chi connectivity index (χ3n) is 19.7. The molecule has 0 radical (unpaired) electrons. The van der Waals surface area contributed by atoms with Crippen LogP contribution in [-0.2, 0) is 105 Å². The van der Waals surface area contributed by atoms with Crippen LogP contribution in [0.1, 0.15) is 192 Å². The zero-order chi connectivity index (χ0) is 62.3. The van der Waals surface area contributed by atoms with Gasteiger partial charge in [0.25, 0.3) is 0 Å². The monoisotopic (exact) mass is 1200 g/mol. The smallest absolute Gasteiger partial charge is 0.344 e. The topological polar surface area (TPSA) is 289 Å². The van der Waals surface area contributed by atoms with Crippen molar-refractivity contribution < 1.29 is 105 Å². The van der Waals surface area contributed by atoms with Gasteiger partial charge in [-0.2, -0.15) is 0 Å². The lowest BCUT2D eigenvalue weighted by atomic mass is 9.67. The van der Waals surface area contributed by atoms with Gasteiger partial charge in [-0.25, -0.2) is 14.4 Å². The van der Waals surface area contributed by atoms with Gasteiger partial charge >= 0.3 is 65.7 Å². The minimum absolute atomic E-state index is 0.0339. The molecule has 17 unspecified atom stereocenters. The molecule has 85 heavy (non-hydrogen) atoms. The molecule has 6 heterocycles. The fourth-order valence-corrected chi connectivity index (χ4v) is 12.9. The highest BCUT2D eigenvalue weighted by molar-refractivity contribution is 5.82. The van der Waals surface area contributed by atoms with E-state index in [1.165, 1.54) is 0 Å². The number of fused-ring (bicyclic) bond motifs is 6. The van der Waals surface area contributed by atoms with E-state index in [1.54, 1.807) is 34.6 Å². The van der Waals surface area contributed by atoms with Crippen LogP contribution in [0.5, 0.6) is 0 Å². The van der Waals surface area contributed by atoms with Crippen molar-refractivity contribution in [3.63, 3.8) is 0 Å². The van der Waals surface area contributed by atoms with Crippen molar-refractivity contribution in [2.75, 3.05) is 19.8 Å². The molecule has 12 aliphatic rings. The highest BCUT2D eigenvalue weighted by atomic mass is 16.6.